The van der Waals surface area contributed by atoms with Crippen LogP contribution in [0.4, 0.5) is 4.79 Å². The van der Waals surface area contributed by atoms with Gasteiger partial charge in [0.05, 0.1) is 14.2 Å². The van der Waals surface area contributed by atoms with E-state index in [9.17, 15) is 9.59 Å². The predicted molar refractivity (Wildman–Crippen MR) is 189 cm³/mol. The van der Waals surface area contributed by atoms with Crippen LogP contribution in [-0.2, 0) is 13.9 Å². The fraction of sp³-hybridized carbons (Fsp3) is 0.541. The van der Waals surface area contributed by atoms with E-state index in [0.717, 1.165) is 36.4 Å². The number of hydrogen-bond donors (Lipinski definition) is 1. The number of carbonyl (C=O) groups is 2. The second kappa shape index (κ2) is 15.2. The first-order valence-corrected chi connectivity index (χ1v) is 19.6. The number of benzene rings is 2. The number of ether oxygens (including phenoxy) is 4. The summed E-state index contributed by atoms with van der Waals surface area (Å²) in [6, 6.07) is 14.8. The van der Waals surface area contributed by atoms with Crippen LogP contribution >= 0.6 is 0 Å². The van der Waals surface area contributed by atoms with Crippen molar-refractivity contribution >= 4 is 20.4 Å². The number of rotatable bonds is 11. The summed E-state index contributed by atoms with van der Waals surface area (Å²) in [5, 5.41) is 0.0837. The van der Waals surface area contributed by atoms with Gasteiger partial charge < -0.3 is 33.3 Å². The Morgan fingerprint density at radius 1 is 0.917 bits per heavy atom. The molecule has 2 aromatic carbocycles. The Labute approximate surface area is 286 Å². The lowest BCUT2D eigenvalue weighted by atomic mass is 9.82. The standard InChI is InChI=1S/C37H53N3O7Si/c1-36(2,3)47-35(42)40-22-19-25(20-23-40)30(21-24-45-48(9,10)37(4,5)6)33-38-31(32(39-33)34(41)44-8)26-11-13-28(14-12-26)46-29-17-15-27(43-7)16-18-29/h11-18,25,30H,19-24H2,1-10H3,(H,38,39). The number of carbonyl (C=O) groups excluding carboxylic acids is 2. The number of hydrogen-bond acceptors (Lipinski definition) is 8. The van der Waals surface area contributed by atoms with Crippen molar-refractivity contribution in [3.8, 4) is 28.5 Å². The SMILES string of the molecule is COC(=O)c1[nH]c(C(CCO[Si](C)(C)C(C)(C)C)C2CCN(C(=O)OC(C)(C)C)CC2)nc1-c1ccc(Oc2ccc(OC)cc2)cc1. The van der Waals surface area contributed by atoms with Gasteiger partial charge in [-0.15, -0.1) is 0 Å². The molecule has 1 aliphatic rings. The number of esters is 1. The molecule has 10 nitrogen and oxygen atoms in total. The van der Waals surface area contributed by atoms with Gasteiger partial charge in [0.25, 0.3) is 0 Å². The van der Waals surface area contributed by atoms with E-state index in [0.29, 0.717) is 42.6 Å². The third-order valence-electron chi connectivity index (χ3n) is 9.34. The summed E-state index contributed by atoms with van der Waals surface area (Å²) < 4.78 is 28.7. The smallest absolute Gasteiger partial charge is 0.410 e. The van der Waals surface area contributed by atoms with Crippen molar-refractivity contribution in [2.24, 2.45) is 5.92 Å². The second-order valence-electron chi connectivity index (χ2n) is 14.9. The maximum atomic E-state index is 13.1. The average molecular weight is 680 g/mol. The molecule has 1 unspecified atom stereocenters. The lowest BCUT2D eigenvalue weighted by Gasteiger charge is -2.38. The summed E-state index contributed by atoms with van der Waals surface area (Å²) in [7, 11) is 1.01. The van der Waals surface area contributed by atoms with Gasteiger partial charge in [0.15, 0.2) is 14.0 Å². The lowest BCUT2D eigenvalue weighted by Crippen LogP contribution is -2.43. The molecule has 0 radical (unpaired) electrons. The average Bonchev–Trinajstić information content (AvgIpc) is 3.47. The minimum absolute atomic E-state index is 0.0228. The molecule has 3 aromatic rings. The Bertz CT molecular complexity index is 1510. The van der Waals surface area contributed by atoms with Crippen molar-refractivity contribution in [2.45, 2.75) is 90.5 Å². The van der Waals surface area contributed by atoms with E-state index in [1.165, 1.54) is 7.11 Å². The van der Waals surface area contributed by atoms with Crippen LogP contribution < -0.4 is 9.47 Å². The van der Waals surface area contributed by atoms with Gasteiger partial charge in [-0.1, -0.05) is 20.8 Å². The van der Waals surface area contributed by atoms with Crippen LogP contribution in [-0.4, -0.2) is 74.8 Å². The summed E-state index contributed by atoms with van der Waals surface area (Å²) in [6.45, 7) is 18.6. The Kier molecular flexibility index (Phi) is 11.7. The van der Waals surface area contributed by atoms with E-state index in [4.69, 9.17) is 28.4 Å². The van der Waals surface area contributed by atoms with Crippen LogP contribution in [0.1, 0.15) is 83.0 Å². The van der Waals surface area contributed by atoms with Gasteiger partial charge in [-0.2, -0.15) is 0 Å². The van der Waals surface area contributed by atoms with Crippen molar-refractivity contribution in [1.82, 2.24) is 14.9 Å². The number of aromatic amines is 1. The molecule has 2 heterocycles. The van der Waals surface area contributed by atoms with Crippen LogP contribution in [0, 0.1) is 5.92 Å². The van der Waals surface area contributed by atoms with Crippen LogP contribution in [0.25, 0.3) is 11.3 Å². The number of methoxy groups -OCH3 is 2. The van der Waals surface area contributed by atoms with Gasteiger partial charge in [0.2, 0.25) is 0 Å². The van der Waals surface area contributed by atoms with Crippen molar-refractivity contribution in [3.05, 3.63) is 60.0 Å². The minimum Gasteiger partial charge on any atom is -0.497 e. The first-order chi connectivity index (χ1) is 22.5. The van der Waals surface area contributed by atoms with Gasteiger partial charge >= 0.3 is 12.1 Å². The Morgan fingerprint density at radius 2 is 1.48 bits per heavy atom. The third kappa shape index (κ3) is 9.41. The molecule has 1 atom stereocenters. The van der Waals surface area contributed by atoms with Crippen molar-refractivity contribution < 1.29 is 33.0 Å². The quantitative estimate of drug-likeness (QED) is 0.158. The van der Waals surface area contributed by atoms with E-state index < -0.39 is 19.9 Å². The van der Waals surface area contributed by atoms with Gasteiger partial charge in [0, 0.05) is 31.2 Å². The van der Waals surface area contributed by atoms with E-state index >= 15 is 0 Å². The molecule has 0 saturated carbocycles. The molecule has 1 fully saturated rings. The maximum Gasteiger partial charge on any atom is 0.410 e. The van der Waals surface area contributed by atoms with Crippen LogP contribution in [0.2, 0.25) is 18.1 Å². The van der Waals surface area contributed by atoms with Crippen LogP contribution in [0.5, 0.6) is 17.2 Å². The summed E-state index contributed by atoms with van der Waals surface area (Å²) in [4.78, 5) is 36.1. The number of likely N-dealkylation sites (tertiary alicyclic amines) is 1. The molecule has 1 N–H and O–H groups in total. The second-order valence-corrected chi connectivity index (χ2v) is 19.8. The summed E-state index contributed by atoms with van der Waals surface area (Å²) >= 11 is 0. The van der Waals surface area contributed by atoms with Crippen LogP contribution in [0.15, 0.2) is 48.5 Å². The summed E-state index contributed by atoms with van der Waals surface area (Å²) in [6.07, 6.45) is 2.01. The molecule has 1 aromatic heterocycles. The molecule has 4 rings (SSSR count). The van der Waals surface area contributed by atoms with Gasteiger partial charge in [-0.3, -0.25) is 0 Å². The fourth-order valence-corrected chi connectivity index (χ4v) is 6.61. The first kappa shape index (κ1) is 37.0. The minimum atomic E-state index is -1.98. The zero-order valence-corrected chi connectivity index (χ0v) is 31.3. The normalized spacial score (nSPS) is 15.2. The molecule has 0 aliphatic carbocycles. The van der Waals surface area contributed by atoms with E-state index in [1.54, 1.807) is 12.0 Å². The first-order valence-electron chi connectivity index (χ1n) is 16.7. The number of nitrogens with zero attached hydrogens (tertiary/aromatic N) is 2. The zero-order valence-electron chi connectivity index (χ0n) is 30.3. The van der Waals surface area contributed by atoms with E-state index in [1.807, 2.05) is 69.3 Å². The molecule has 0 bridgehead atoms. The number of H-pyrrole nitrogens is 1. The van der Waals surface area contributed by atoms with Gasteiger partial charge in [0.1, 0.15) is 34.4 Å². The molecule has 0 spiro atoms. The Hall–Kier alpha value is -3.83. The van der Waals surface area contributed by atoms with Crippen molar-refractivity contribution in [3.63, 3.8) is 0 Å². The summed E-state index contributed by atoms with van der Waals surface area (Å²) in [5.41, 5.74) is 1.04. The third-order valence-corrected chi connectivity index (χ3v) is 13.9. The molecule has 48 heavy (non-hydrogen) atoms. The fourth-order valence-electron chi connectivity index (χ4n) is 5.55. The number of nitrogens with one attached hydrogen (secondary N) is 1. The molecule has 1 aliphatic heterocycles. The monoisotopic (exact) mass is 679 g/mol. The lowest BCUT2D eigenvalue weighted by molar-refractivity contribution is 0.0169. The highest BCUT2D eigenvalue weighted by molar-refractivity contribution is 6.74. The number of piperidine rings is 1. The predicted octanol–water partition coefficient (Wildman–Crippen LogP) is 8.81. The molecule has 1 saturated heterocycles. The highest BCUT2D eigenvalue weighted by atomic mass is 28.4. The van der Waals surface area contributed by atoms with Gasteiger partial charge in [-0.25, -0.2) is 14.6 Å². The Morgan fingerprint density at radius 3 is 2.00 bits per heavy atom. The molecule has 11 heteroatoms. The molecular weight excluding hydrogens is 627 g/mol. The summed E-state index contributed by atoms with van der Waals surface area (Å²) in [5.74, 6) is 2.51. The Balaban J connectivity index is 1.60. The number of amides is 1. The molecule has 262 valence electrons. The van der Waals surface area contributed by atoms with Crippen LogP contribution in [0.3, 0.4) is 0 Å². The zero-order chi connectivity index (χ0) is 35.3. The van der Waals surface area contributed by atoms with E-state index in [-0.39, 0.29) is 23.0 Å². The number of imidazole rings is 1. The van der Waals surface area contributed by atoms with Crippen molar-refractivity contribution in [1.29, 1.82) is 0 Å². The van der Waals surface area contributed by atoms with Crippen molar-refractivity contribution in [2.75, 3.05) is 33.9 Å². The largest absolute Gasteiger partial charge is 0.497 e. The molecule has 1 amide bonds. The molecular formula is C37H53N3O7Si. The van der Waals surface area contributed by atoms with Gasteiger partial charge in [-0.05, 0) is 113 Å². The van der Waals surface area contributed by atoms with E-state index in [2.05, 4.69) is 38.8 Å². The highest BCUT2D eigenvalue weighted by Gasteiger charge is 2.38. The maximum absolute atomic E-state index is 13.1. The topological polar surface area (TPSA) is 112 Å². The number of aromatic nitrogens is 2. The highest BCUT2D eigenvalue weighted by Crippen LogP contribution is 2.40.